The number of methoxy groups -OCH3 is 1. The van der Waals surface area contributed by atoms with Gasteiger partial charge in [-0.2, -0.15) is 0 Å². The van der Waals surface area contributed by atoms with Gasteiger partial charge in [-0.3, -0.25) is 4.79 Å². The molecule has 104 valence electrons. The highest BCUT2D eigenvalue weighted by Crippen LogP contribution is 2.17. The molecule has 0 saturated carbocycles. The van der Waals surface area contributed by atoms with Crippen LogP contribution in [-0.2, 0) is 34.0 Å². The molecule has 0 N–H and O–H groups in total. The summed E-state index contributed by atoms with van der Waals surface area (Å²) in [6.45, 7) is 6.69. The summed E-state index contributed by atoms with van der Waals surface area (Å²) in [4.78, 5) is 18.0. The SMILES string of the molecule is C=CCOCc1ncn2c1CN(C(=O)COC)CC2. The molecule has 1 amide bonds. The van der Waals surface area contributed by atoms with Crippen LogP contribution in [-0.4, -0.2) is 47.2 Å². The normalized spacial score (nSPS) is 14.3. The van der Waals surface area contributed by atoms with Crippen molar-refractivity contribution in [2.24, 2.45) is 0 Å². The molecule has 0 atom stereocenters. The highest BCUT2D eigenvalue weighted by atomic mass is 16.5. The summed E-state index contributed by atoms with van der Waals surface area (Å²) in [5.74, 6) is 0.00732. The summed E-state index contributed by atoms with van der Waals surface area (Å²) >= 11 is 0. The van der Waals surface area contributed by atoms with Crippen molar-refractivity contribution in [2.45, 2.75) is 19.7 Å². The zero-order chi connectivity index (χ0) is 13.7. The monoisotopic (exact) mass is 265 g/mol. The van der Waals surface area contributed by atoms with E-state index < -0.39 is 0 Å². The quantitative estimate of drug-likeness (QED) is 0.557. The molecule has 2 rings (SSSR count). The average molecular weight is 265 g/mol. The number of carbonyl (C=O) groups is 1. The maximum atomic E-state index is 11.8. The Morgan fingerprint density at radius 3 is 3.16 bits per heavy atom. The summed E-state index contributed by atoms with van der Waals surface area (Å²) in [6, 6.07) is 0. The molecule has 1 aromatic heterocycles. The van der Waals surface area contributed by atoms with Crippen molar-refractivity contribution >= 4 is 5.91 Å². The van der Waals surface area contributed by atoms with Crippen LogP contribution in [0.4, 0.5) is 0 Å². The van der Waals surface area contributed by atoms with Crippen LogP contribution in [0.5, 0.6) is 0 Å². The third-order valence-electron chi connectivity index (χ3n) is 3.08. The van der Waals surface area contributed by atoms with Crippen molar-refractivity contribution in [3.63, 3.8) is 0 Å². The van der Waals surface area contributed by atoms with Crippen LogP contribution in [0.1, 0.15) is 11.4 Å². The molecule has 0 unspecified atom stereocenters. The average Bonchev–Trinajstić information content (AvgIpc) is 2.82. The molecule has 6 nitrogen and oxygen atoms in total. The Balaban J connectivity index is 2.03. The zero-order valence-electron chi connectivity index (χ0n) is 11.2. The summed E-state index contributed by atoms with van der Waals surface area (Å²) in [5.41, 5.74) is 1.93. The predicted octanol–water partition coefficient (Wildman–Crippen LogP) is 0.574. The van der Waals surface area contributed by atoms with Gasteiger partial charge in [0.15, 0.2) is 0 Å². The number of nitrogens with zero attached hydrogens (tertiary/aromatic N) is 3. The number of amides is 1. The molecular formula is C13H19N3O3. The predicted molar refractivity (Wildman–Crippen MR) is 69.4 cm³/mol. The Labute approximate surface area is 112 Å². The first-order chi connectivity index (χ1) is 9.26. The minimum Gasteiger partial charge on any atom is -0.375 e. The molecule has 0 aliphatic carbocycles. The van der Waals surface area contributed by atoms with Crippen LogP contribution in [0.2, 0.25) is 0 Å². The third kappa shape index (κ3) is 3.21. The lowest BCUT2D eigenvalue weighted by Crippen LogP contribution is -2.40. The van der Waals surface area contributed by atoms with Gasteiger partial charge in [-0.05, 0) is 0 Å². The Bertz CT molecular complexity index is 456. The van der Waals surface area contributed by atoms with Crippen molar-refractivity contribution in [1.29, 1.82) is 0 Å². The van der Waals surface area contributed by atoms with E-state index in [4.69, 9.17) is 9.47 Å². The van der Waals surface area contributed by atoms with E-state index in [0.29, 0.717) is 26.3 Å². The van der Waals surface area contributed by atoms with Gasteiger partial charge in [0.1, 0.15) is 6.61 Å². The molecule has 1 aromatic rings. The number of carbonyl (C=O) groups excluding carboxylic acids is 1. The van der Waals surface area contributed by atoms with Crippen LogP contribution in [0, 0.1) is 0 Å². The van der Waals surface area contributed by atoms with Gasteiger partial charge < -0.3 is 18.9 Å². The fourth-order valence-electron chi connectivity index (χ4n) is 2.10. The van der Waals surface area contributed by atoms with E-state index in [-0.39, 0.29) is 12.5 Å². The first-order valence-electron chi connectivity index (χ1n) is 6.24. The number of rotatable bonds is 6. The van der Waals surface area contributed by atoms with Crippen LogP contribution >= 0.6 is 0 Å². The molecule has 0 saturated heterocycles. The maximum absolute atomic E-state index is 11.8. The molecule has 0 radical (unpaired) electrons. The number of imidazole rings is 1. The van der Waals surface area contributed by atoms with Gasteiger partial charge in [-0.15, -0.1) is 6.58 Å². The number of hydrogen-bond donors (Lipinski definition) is 0. The Hall–Kier alpha value is -1.66. The van der Waals surface area contributed by atoms with Crippen molar-refractivity contribution in [3.8, 4) is 0 Å². The molecule has 0 aromatic carbocycles. The highest BCUT2D eigenvalue weighted by Gasteiger charge is 2.23. The van der Waals surface area contributed by atoms with Crippen molar-refractivity contribution in [2.75, 3.05) is 26.9 Å². The smallest absolute Gasteiger partial charge is 0.248 e. The molecule has 6 heteroatoms. The van der Waals surface area contributed by atoms with Gasteiger partial charge in [-0.1, -0.05) is 6.08 Å². The highest BCUT2D eigenvalue weighted by molar-refractivity contribution is 5.77. The lowest BCUT2D eigenvalue weighted by atomic mass is 10.2. The van der Waals surface area contributed by atoms with Crippen LogP contribution < -0.4 is 0 Å². The van der Waals surface area contributed by atoms with Crippen LogP contribution in [0.25, 0.3) is 0 Å². The van der Waals surface area contributed by atoms with Gasteiger partial charge >= 0.3 is 0 Å². The van der Waals surface area contributed by atoms with Crippen LogP contribution in [0.3, 0.4) is 0 Å². The molecule has 2 heterocycles. The Morgan fingerprint density at radius 1 is 1.58 bits per heavy atom. The van der Waals surface area contributed by atoms with E-state index in [1.165, 1.54) is 7.11 Å². The van der Waals surface area contributed by atoms with Gasteiger partial charge in [0, 0.05) is 20.2 Å². The number of hydrogen-bond acceptors (Lipinski definition) is 4. The van der Waals surface area contributed by atoms with Crippen molar-refractivity contribution in [3.05, 3.63) is 30.4 Å². The van der Waals surface area contributed by atoms with Crippen molar-refractivity contribution < 1.29 is 14.3 Å². The second-order valence-electron chi connectivity index (χ2n) is 4.38. The minimum absolute atomic E-state index is 0.00732. The largest absolute Gasteiger partial charge is 0.375 e. The van der Waals surface area contributed by atoms with E-state index >= 15 is 0 Å². The molecular weight excluding hydrogens is 246 g/mol. The van der Waals surface area contributed by atoms with Gasteiger partial charge in [0.25, 0.3) is 0 Å². The second-order valence-corrected chi connectivity index (χ2v) is 4.38. The number of fused-ring (bicyclic) bond motifs is 1. The van der Waals surface area contributed by atoms with E-state index in [9.17, 15) is 4.79 Å². The lowest BCUT2D eigenvalue weighted by Gasteiger charge is -2.28. The minimum atomic E-state index is 0.00732. The number of ether oxygens (including phenoxy) is 2. The Kier molecular flexibility index (Phi) is 4.70. The molecule has 1 aliphatic heterocycles. The zero-order valence-corrected chi connectivity index (χ0v) is 11.2. The topological polar surface area (TPSA) is 56.6 Å². The standard InChI is InChI=1S/C13H19N3O3/c1-3-6-19-8-11-12-7-15(13(17)9-18-2)4-5-16(12)10-14-11/h3,10H,1,4-9H2,2H3. The van der Waals surface area contributed by atoms with Gasteiger partial charge in [-0.25, -0.2) is 4.98 Å². The third-order valence-corrected chi connectivity index (χ3v) is 3.08. The summed E-state index contributed by atoms with van der Waals surface area (Å²) in [7, 11) is 1.53. The van der Waals surface area contributed by atoms with E-state index in [1.807, 2.05) is 0 Å². The first kappa shape index (κ1) is 13.8. The summed E-state index contributed by atoms with van der Waals surface area (Å²) < 4.78 is 12.4. The van der Waals surface area contributed by atoms with E-state index in [0.717, 1.165) is 17.9 Å². The van der Waals surface area contributed by atoms with Crippen molar-refractivity contribution in [1.82, 2.24) is 14.5 Å². The van der Waals surface area contributed by atoms with Gasteiger partial charge in [0.05, 0.1) is 37.5 Å². The van der Waals surface area contributed by atoms with Gasteiger partial charge in [0.2, 0.25) is 5.91 Å². The van der Waals surface area contributed by atoms with E-state index in [2.05, 4.69) is 16.1 Å². The summed E-state index contributed by atoms with van der Waals surface area (Å²) in [5, 5.41) is 0. The second kappa shape index (κ2) is 6.49. The van der Waals surface area contributed by atoms with E-state index in [1.54, 1.807) is 17.3 Å². The Morgan fingerprint density at radius 2 is 2.42 bits per heavy atom. The lowest BCUT2D eigenvalue weighted by molar-refractivity contribution is -0.136. The molecule has 0 spiro atoms. The maximum Gasteiger partial charge on any atom is 0.248 e. The molecule has 0 fully saturated rings. The summed E-state index contributed by atoms with van der Waals surface area (Å²) in [6.07, 6.45) is 3.51. The molecule has 19 heavy (non-hydrogen) atoms. The fourth-order valence-corrected chi connectivity index (χ4v) is 2.10. The molecule has 0 bridgehead atoms. The molecule has 1 aliphatic rings. The first-order valence-corrected chi connectivity index (χ1v) is 6.24. The fraction of sp³-hybridized carbons (Fsp3) is 0.538. The van der Waals surface area contributed by atoms with Crippen LogP contribution in [0.15, 0.2) is 19.0 Å². The number of aromatic nitrogens is 2.